The maximum atomic E-state index is 12.0. The lowest BCUT2D eigenvalue weighted by molar-refractivity contribution is -0.123. The first kappa shape index (κ1) is 21.5. The van der Waals surface area contributed by atoms with Crippen molar-refractivity contribution >= 4 is 23.7 Å². The van der Waals surface area contributed by atoms with Crippen molar-refractivity contribution in [3.8, 4) is 5.75 Å². The number of carbonyl (C=O) groups is 2. The van der Waals surface area contributed by atoms with Crippen LogP contribution >= 0.6 is 0 Å². The summed E-state index contributed by atoms with van der Waals surface area (Å²) in [6.45, 7) is 5.01. The van der Waals surface area contributed by atoms with Gasteiger partial charge in [-0.15, -0.1) is 0 Å². The molecule has 1 fully saturated rings. The van der Waals surface area contributed by atoms with Crippen LogP contribution in [0.1, 0.15) is 11.1 Å². The van der Waals surface area contributed by atoms with Crippen molar-refractivity contribution < 1.29 is 19.1 Å². The molecule has 0 saturated carbocycles. The number of nitrogens with one attached hydrogen (secondary N) is 2. The fourth-order valence-corrected chi connectivity index (χ4v) is 2.81. The van der Waals surface area contributed by atoms with E-state index in [0.29, 0.717) is 25.5 Å². The standard InChI is InChI=1S/C22H26N4O4/c1-17-2-6-19(7-3-17)24-22(28)16-30-20-8-4-18(5-9-20)14-23-25-21(27)15-26-10-12-29-13-11-26/h2-9,14H,10-13,15-16H2,1H3,(H,24,28)(H,25,27)/b23-14-. The number of hydrogen-bond acceptors (Lipinski definition) is 6. The van der Waals surface area contributed by atoms with Gasteiger partial charge in [0.1, 0.15) is 5.75 Å². The molecule has 2 N–H and O–H groups in total. The zero-order valence-corrected chi connectivity index (χ0v) is 17.0. The molecule has 3 rings (SSSR count). The van der Waals surface area contributed by atoms with Crippen LogP contribution < -0.4 is 15.5 Å². The van der Waals surface area contributed by atoms with Gasteiger partial charge in [-0.05, 0) is 48.9 Å². The minimum atomic E-state index is -0.229. The minimum absolute atomic E-state index is 0.0844. The molecular formula is C22H26N4O4. The second-order valence-corrected chi connectivity index (χ2v) is 6.95. The normalized spacial score (nSPS) is 14.4. The van der Waals surface area contributed by atoms with Gasteiger partial charge in [0.15, 0.2) is 6.61 Å². The monoisotopic (exact) mass is 410 g/mol. The Morgan fingerprint density at radius 1 is 1.07 bits per heavy atom. The molecule has 8 nitrogen and oxygen atoms in total. The van der Waals surface area contributed by atoms with Gasteiger partial charge in [-0.3, -0.25) is 14.5 Å². The van der Waals surface area contributed by atoms with Gasteiger partial charge in [0.2, 0.25) is 0 Å². The predicted molar refractivity (Wildman–Crippen MR) is 115 cm³/mol. The number of anilines is 1. The smallest absolute Gasteiger partial charge is 0.262 e. The highest BCUT2D eigenvalue weighted by atomic mass is 16.5. The molecule has 2 aromatic rings. The molecule has 1 heterocycles. The lowest BCUT2D eigenvalue weighted by Crippen LogP contribution is -2.42. The highest BCUT2D eigenvalue weighted by molar-refractivity contribution is 5.91. The zero-order valence-electron chi connectivity index (χ0n) is 17.0. The van der Waals surface area contributed by atoms with Crippen LogP contribution in [0.3, 0.4) is 0 Å². The van der Waals surface area contributed by atoms with Crippen LogP contribution in [0.25, 0.3) is 0 Å². The lowest BCUT2D eigenvalue weighted by Gasteiger charge is -2.25. The Morgan fingerprint density at radius 3 is 2.47 bits per heavy atom. The Bertz CT molecular complexity index is 860. The second-order valence-electron chi connectivity index (χ2n) is 6.95. The lowest BCUT2D eigenvalue weighted by atomic mass is 10.2. The summed E-state index contributed by atoms with van der Waals surface area (Å²) >= 11 is 0. The molecule has 0 radical (unpaired) electrons. The molecule has 158 valence electrons. The summed E-state index contributed by atoms with van der Waals surface area (Å²) in [7, 11) is 0. The van der Waals surface area contributed by atoms with E-state index in [1.54, 1.807) is 30.5 Å². The van der Waals surface area contributed by atoms with E-state index in [4.69, 9.17) is 9.47 Å². The molecule has 0 spiro atoms. The maximum absolute atomic E-state index is 12.0. The van der Waals surface area contributed by atoms with Crippen molar-refractivity contribution in [3.05, 3.63) is 59.7 Å². The van der Waals surface area contributed by atoms with Crippen molar-refractivity contribution in [1.82, 2.24) is 10.3 Å². The Balaban J connectivity index is 1.38. The number of ether oxygens (including phenoxy) is 2. The number of morpholine rings is 1. The first-order chi connectivity index (χ1) is 14.6. The summed E-state index contributed by atoms with van der Waals surface area (Å²) in [5.41, 5.74) is 5.19. The Kier molecular flexibility index (Phi) is 7.94. The van der Waals surface area contributed by atoms with Crippen LogP contribution in [0.4, 0.5) is 5.69 Å². The molecule has 1 saturated heterocycles. The summed E-state index contributed by atoms with van der Waals surface area (Å²) in [5, 5.41) is 6.76. The van der Waals surface area contributed by atoms with Crippen molar-refractivity contribution in [3.63, 3.8) is 0 Å². The predicted octanol–water partition coefficient (Wildman–Crippen LogP) is 1.79. The fourth-order valence-electron chi connectivity index (χ4n) is 2.81. The molecule has 0 unspecified atom stereocenters. The number of amides is 2. The van der Waals surface area contributed by atoms with E-state index >= 15 is 0 Å². The molecule has 0 bridgehead atoms. The number of aryl methyl sites for hydroxylation is 1. The molecule has 30 heavy (non-hydrogen) atoms. The van der Waals surface area contributed by atoms with Crippen LogP contribution in [0.15, 0.2) is 53.6 Å². The summed E-state index contributed by atoms with van der Waals surface area (Å²) in [5.74, 6) is 0.183. The van der Waals surface area contributed by atoms with E-state index in [2.05, 4.69) is 15.8 Å². The van der Waals surface area contributed by atoms with Crippen LogP contribution in [0, 0.1) is 6.92 Å². The first-order valence-electron chi connectivity index (χ1n) is 9.80. The SMILES string of the molecule is Cc1ccc(NC(=O)COc2ccc(/C=N\NC(=O)CN3CCOCC3)cc2)cc1. The summed E-state index contributed by atoms with van der Waals surface area (Å²) in [4.78, 5) is 25.9. The number of hydrazone groups is 1. The summed E-state index contributed by atoms with van der Waals surface area (Å²) in [6.07, 6.45) is 1.56. The van der Waals surface area contributed by atoms with E-state index in [-0.39, 0.29) is 18.4 Å². The minimum Gasteiger partial charge on any atom is -0.484 e. The highest BCUT2D eigenvalue weighted by Crippen LogP contribution is 2.12. The van der Waals surface area contributed by atoms with Crippen LogP contribution in [-0.4, -0.2) is 62.4 Å². The number of benzene rings is 2. The van der Waals surface area contributed by atoms with Gasteiger partial charge in [-0.25, -0.2) is 5.43 Å². The summed E-state index contributed by atoms with van der Waals surface area (Å²) < 4.78 is 10.8. The van der Waals surface area contributed by atoms with Gasteiger partial charge >= 0.3 is 0 Å². The number of nitrogens with zero attached hydrogens (tertiary/aromatic N) is 2. The molecule has 0 atom stereocenters. The van der Waals surface area contributed by atoms with Gasteiger partial charge in [0.25, 0.3) is 11.8 Å². The van der Waals surface area contributed by atoms with Crippen molar-refractivity contribution in [2.75, 3.05) is 44.8 Å². The van der Waals surface area contributed by atoms with Gasteiger partial charge in [-0.1, -0.05) is 17.7 Å². The van der Waals surface area contributed by atoms with Gasteiger partial charge in [0, 0.05) is 18.8 Å². The molecule has 0 aliphatic carbocycles. The third kappa shape index (κ3) is 7.31. The topological polar surface area (TPSA) is 92.3 Å². The third-order valence-electron chi connectivity index (χ3n) is 4.46. The quantitative estimate of drug-likeness (QED) is 0.511. The van der Waals surface area contributed by atoms with E-state index in [0.717, 1.165) is 29.9 Å². The molecule has 2 amide bonds. The Morgan fingerprint density at radius 2 is 1.77 bits per heavy atom. The maximum Gasteiger partial charge on any atom is 0.262 e. The fraction of sp³-hybridized carbons (Fsp3) is 0.318. The van der Waals surface area contributed by atoms with E-state index < -0.39 is 0 Å². The summed E-state index contributed by atoms with van der Waals surface area (Å²) in [6, 6.07) is 14.6. The largest absolute Gasteiger partial charge is 0.484 e. The van der Waals surface area contributed by atoms with E-state index in [1.165, 1.54) is 0 Å². The average molecular weight is 410 g/mol. The Hall–Kier alpha value is -3.23. The van der Waals surface area contributed by atoms with Crippen LogP contribution in [0.5, 0.6) is 5.75 Å². The molecule has 1 aliphatic heterocycles. The van der Waals surface area contributed by atoms with Crippen molar-refractivity contribution in [2.45, 2.75) is 6.92 Å². The average Bonchev–Trinajstić information content (AvgIpc) is 2.75. The van der Waals surface area contributed by atoms with Gasteiger partial charge < -0.3 is 14.8 Å². The molecule has 2 aromatic carbocycles. The van der Waals surface area contributed by atoms with Crippen LogP contribution in [-0.2, 0) is 14.3 Å². The van der Waals surface area contributed by atoms with Crippen molar-refractivity contribution in [1.29, 1.82) is 0 Å². The van der Waals surface area contributed by atoms with Crippen LogP contribution in [0.2, 0.25) is 0 Å². The molecule has 8 heteroatoms. The third-order valence-corrected chi connectivity index (χ3v) is 4.46. The number of rotatable bonds is 8. The second kappa shape index (κ2) is 11.1. The van der Waals surface area contributed by atoms with Gasteiger partial charge in [0.05, 0.1) is 26.0 Å². The molecule has 1 aliphatic rings. The first-order valence-corrected chi connectivity index (χ1v) is 9.80. The van der Waals surface area contributed by atoms with Gasteiger partial charge in [-0.2, -0.15) is 5.10 Å². The van der Waals surface area contributed by atoms with Crippen molar-refractivity contribution in [2.24, 2.45) is 5.10 Å². The molecule has 0 aromatic heterocycles. The highest BCUT2D eigenvalue weighted by Gasteiger charge is 2.13. The number of hydrogen-bond donors (Lipinski definition) is 2. The Labute approximate surface area is 175 Å². The van der Waals surface area contributed by atoms with E-state index in [1.807, 2.05) is 36.1 Å². The molecular weight excluding hydrogens is 384 g/mol. The zero-order chi connectivity index (χ0) is 21.2. The van der Waals surface area contributed by atoms with E-state index in [9.17, 15) is 9.59 Å². The number of carbonyl (C=O) groups excluding carboxylic acids is 2.